The van der Waals surface area contributed by atoms with Crippen LogP contribution in [0.15, 0.2) is 23.9 Å². The minimum atomic E-state index is -0.215. The summed E-state index contributed by atoms with van der Waals surface area (Å²) >= 11 is 0. The first-order valence-corrected chi connectivity index (χ1v) is 13.7. The van der Waals surface area contributed by atoms with Crippen LogP contribution in [0.2, 0.25) is 0 Å². The fraction of sp³-hybridized carbons (Fsp3) is 0.857. The zero-order chi connectivity index (χ0) is 23.3. The maximum atomic E-state index is 9.56. The minimum absolute atomic E-state index is 0.0578. The van der Waals surface area contributed by atoms with E-state index in [0.29, 0.717) is 23.2 Å². The monoisotopic (exact) mass is 457 g/mol. The summed E-state index contributed by atoms with van der Waals surface area (Å²) in [6.45, 7) is 4.79. The van der Waals surface area contributed by atoms with Gasteiger partial charge in [-0.1, -0.05) is 18.9 Å². The van der Waals surface area contributed by atoms with E-state index in [2.05, 4.69) is 37.5 Å². The van der Waals surface area contributed by atoms with Crippen LogP contribution in [0.5, 0.6) is 0 Å². The van der Waals surface area contributed by atoms with E-state index < -0.39 is 0 Å². The van der Waals surface area contributed by atoms with Gasteiger partial charge in [-0.25, -0.2) is 0 Å². The fourth-order valence-electron chi connectivity index (χ4n) is 9.14. The first kappa shape index (κ1) is 23.8. The van der Waals surface area contributed by atoms with E-state index in [0.717, 1.165) is 32.1 Å². The summed E-state index contributed by atoms with van der Waals surface area (Å²) in [5.41, 5.74) is 14.6. The molecule has 3 aliphatic heterocycles. The lowest BCUT2D eigenvalue weighted by Gasteiger charge is -2.66. The van der Waals surface area contributed by atoms with Gasteiger partial charge in [0.1, 0.15) is 0 Å². The molecule has 6 aliphatic rings. The normalized spacial score (nSPS) is 43.5. The van der Waals surface area contributed by atoms with Gasteiger partial charge in [-0.2, -0.15) is 0 Å². The number of fused-ring (bicyclic) bond motifs is 3. The predicted molar refractivity (Wildman–Crippen MR) is 133 cm³/mol. The second-order valence-electron chi connectivity index (χ2n) is 13.0. The van der Waals surface area contributed by atoms with Gasteiger partial charge in [0.2, 0.25) is 0 Å². The lowest BCUT2D eigenvalue weighted by Crippen LogP contribution is -2.72. The second kappa shape index (κ2) is 8.65. The van der Waals surface area contributed by atoms with Crippen LogP contribution < -0.4 is 16.8 Å². The Labute approximate surface area is 200 Å². The number of hydrogen-bond acceptors (Lipinski definition) is 5. The molecule has 5 heteroatoms. The van der Waals surface area contributed by atoms with Crippen molar-refractivity contribution in [3.05, 3.63) is 23.9 Å². The number of aliphatic hydroxyl groups is 1. The summed E-state index contributed by atoms with van der Waals surface area (Å²) in [5, 5.41) is 12.9. The highest BCUT2D eigenvalue weighted by molar-refractivity contribution is 5.24. The molecule has 3 heterocycles. The van der Waals surface area contributed by atoms with Gasteiger partial charge in [-0.15, -0.1) is 0 Å². The highest BCUT2D eigenvalue weighted by Crippen LogP contribution is 2.63. The highest BCUT2D eigenvalue weighted by Gasteiger charge is 2.64. The lowest BCUT2D eigenvalue weighted by atomic mass is 9.50. The molecule has 2 saturated heterocycles. The van der Waals surface area contributed by atoms with Gasteiger partial charge in [0.05, 0.1) is 17.4 Å². The van der Waals surface area contributed by atoms with Crippen LogP contribution in [0, 0.1) is 23.2 Å². The number of rotatable bonds is 6. The van der Waals surface area contributed by atoms with Gasteiger partial charge in [-0.05, 0) is 113 Å². The average molecular weight is 458 g/mol. The maximum absolute atomic E-state index is 9.56. The van der Waals surface area contributed by atoms with Crippen molar-refractivity contribution in [2.45, 2.75) is 120 Å². The van der Waals surface area contributed by atoms with Crippen LogP contribution in [-0.4, -0.2) is 34.6 Å². The van der Waals surface area contributed by atoms with E-state index >= 15 is 0 Å². The number of ether oxygens (including phenoxy) is 1. The Balaban J connectivity index is 1.42. The molecule has 33 heavy (non-hydrogen) atoms. The molecule has 6 atom stereocenters. The molecule has 5 fully saturated rings. The van der Waals surface area contributed by atoms with E-state index in [4.69, 9.17) is 16.2 Å². The number of nitrogens with two attached hydrogens (primary N) is 2. The molecule has 0 radical (unpaired) electrons. The summed E-state index contributed by atoms with van der Waals surface area (Å²) in [4.78, 5) is 0. The Hall–Kier alpha value is -0.880. The summed E-state index contributed by atoms with van der Waals surface area (Å²) in [6, 6.07) is 0. The van der Waals surface area contributed by atoms with Gasteiger partial charge < -0.3 is 26.6 Å². The Morgan fingerprint density at radius 2 is 1.97 bits per heavy atom. The van der Waals surface area contributed by atoms with E-state index in [1.807, 2.05) is 0 Å². The molecule has 1 unspecified atom stereocenters. The van der Waals surface area contributed by atoms with Crippen LogP contribution in [0.25, 0.3) is 0 Å². The third-order valence-electron chi connectivity index (χ3n) is 10.2. The Kier molecular flexibility index (Phi) is 6.25. The molecule has 0 aromatic carbocycles. The van der Waals surface area contributed by atoms with E-state index in [9.17, 15) is 5.11 Å². The van der Waals surface area contributed by atoms with Gasteiger partial charge >= 0.3 is 0 Å². The number of allylic oxidation sites excluding steroid dienone is 2. The van der Waals surface area contributed by atoms with E-state index in [1.165, 1.54) is 56.9 Å². The van der Waals surface area contributed by atoms with Crippen molar-refractivity contribution in [1.82, 2.24) is 5.32 Å². The molecule has 2 bridgehead atoms. The molecule has 3 aliphatic carbocycles. The summed E-state index contributed by atoms with van der Waals surface area (Å²) in [6.07, 6.45) is 22.0. The SMILES string of the molecule is CC1(C)O[C@@]2([C@H]3C[C@H](CC4=CNC(N)C=C4)CC4(CCCC4)C3)CC[C@@H]1[C@](N)(CCCO)C2. The molecule has 186 valence electrons. The van der Waals surface area contributed by atoms with Crippen molar-refractivity contribution < 1.29 is 9.84 Å². The standard InChI is InChI=1S/C28H47N3O2/c1-25(2)23-8-12-28(33-25,19-27(23,30)11-5-13-32)22-15-21(14-20-6-7-24(29)31-18-20)16-26(17-22)9-3-4-10-26/h6-7,18,21-24,31-32H,3-5,8-17,19,29-30H2,1-2H3/t21-,22-,23-,24?,27-,28-/m0/s1. The maximum Gasteiger partial charge on any atom is 0.0934 e. The Bertz CT molecular complexity index is 786. The Morgan fingerprint density at radius 1 is 1.18 bits per heavy atom. The van der Waals surface area contributed by atoms with Gasteiger partial charge in [0, 0.05) is 24.3 Å². The van der Waals surface area contributed by atoms with Crippen molar-refractivity contribution in [2.75, 3.05) is 6.61 Å². The largest absolute Gasteiger partial charge is 0.396 e. The lowest BCUT2D eigenvalue weighted by molar-refractivity contribution is -0.290. The fourth-order valence-corrected chi connectivity index (χ4v) is 9.14. The van der Waals surface area contributed by atoms with Crippen LogP contribution in [-0.2, 0) is 4.74 Å². The van der Waals surface area contributed by atoms with Gasteiger partial charge in [0.25, 0.3) is 0 Å². The first-order chi connectivity index (χ1) is 15.7. The first-order valence-electron chi connectivity index (χ1n) is 13.7. The molecule has 0 aromatic heterocycles. The zero-order valence-electron chi connectivity index (χ0n) is 21.0. The summed E-state index contributed by atoms with van der Waals surface area (Å²) in [7, 11) is 0. The third-order valence-corrected chi connectivity index (χ3v) is 10.2. The quantitative estimate of drug-likeness (QED) is 0.471. The van der Waals surface area contributed by atoms with Crippen molar-refractivity contribution in [1.29, 1.82) is 0 Å². The molecular formula is C28H47N3O2. The van der Waals surface area contributed by atoms with Crippen molar-refractivity contribution in [2.24, 2.45) is 34.6 Å². The molecule has 3 saturated carbocycles. The highest BCUT2D eigenvalue weighted by atomic mass is 16.5. The summed E-state index contributed by atoms with van der Waals surface area (Å²) in [5.74, 6) is 1.65. The molecular weight excluding hydrogens is 410 g/mol. The molecule has 0 aromatic rings. The van der Waals surface area contributed by atoms with Gasteiger partial charge in [-0.3, -0.25) is 0 Å². The predicted octanol–water partition coefficient (Wildman–Crippen LogP) is 4.50. The number of aliphatic hydroxyl groups excluding tert-OH is 1. The second-order valence-corrected chi connectivity index (χ2v) is 13.0. The van der Waals surface area contributed by atoms with Gasteiger partial charge in [0.15, 0.2) is 0 Å². The van der Waals surface area contributed by atoms with E-state index in [1.54, 1.807) is 0 Å². The Morgan fingerprint density at radius 3 is 2.64 bits per heavy atom. The third kappa shape index (κ3) is 4.44. The van der Waals surface area contributed by atoms with Crippen molar-refractivity contribution in [3.8, 4) is 0 Å². The summed E-state index contributed by atoms with van der Waals surface area (Å²) < 4.78 is 7.13. The molecule has 6 N–H and O–H groups in total. The molecule has 1 spiro atoms. The molecule has 6 rings (SSSR count). The van der Waals surface area contributed by atoms with Crippen LogP contribution in [0.1, 0.15) is 97.3 Å². The minimum Gasteiger partial charge on any atom is -0.396 e. The van der Waals surface area contributed by atoms with Crippen LogP contribution in [0.3, 0.4) is 0 Å². The van der Waals surface area contributed by atoms with Crippen LogP contribution >= 0.6 is 0 Å². The number of dihydropyridines is 1. The average Bonchev–Trinajstić information content (AvgIpc) is 3.20. The zero-order valence-corrected chi connectivity index (χ0v) is 21.0. The van der Waals surface area contributed by atoms with Crippen molar-refractivity contribution in [3.63, 3.8) is 0 Å². The van der Waals surface area contributed by atoms with Crippen LogP contribution in [0.4, 0.5) is 0 Å². The molecule has 5 nitrogen and oxygen atoms in total. The van der Waals surface area contributed by atoms with Crippen molar-refractivity contribution >= 4 is 0 Å². The number of nitrogens with one attached hydrogen (secondary N) is 1. The molecule has 0 amide bonds. The van der Waals surface area contributed by atoms with E-state index in [-0.39, 0.29) is 29.5 Å². The topological polar surface area (TPSA) is 93.5 Å². The smallest absolute Gasteiger partial charge is 0.0934 e. The number of hydrogen-bond donors (Lipinski definition) is 4.